The van der Waals surface area contributed by atoms with Crippen LogP contribution in [0.1, 0.15) is 111 Å². The predicted octanol–water partition coefficient (Wildman–Crippen LogP) is 5.44. The fourth-order valence-corrected chi connectivity index (χ4v) is 10.3. The molecule has 3 heterocycles. The lowest BCUT2D eigenvalue weighted by Gasteiger charge is -2.33. The zero-order valence-corrected chi connectivity index (χ0v) is 34.6. The van der Waals surface area contributed by atoms with Gasteiger partial charge in [0.1, 0.15) is 35.6 Å². The summed E-state index contributed by atoms with van der Waals surface area (Å²) in [5.74, 6) is -1.45. The van der Waals surface area contributed by atoms with Crippen molar-refractivity contribution >= 4 is 44.6 Å². The van der Waals surface area contributed by atoms with E-state index >= 15 is 0 Å². The Hall–Kier alpha value is -4.40. The van der Waals surface area contributed by atoms with Crippen molar-refractivity contribution in [2.45, 2.75) is 151 Å². The molecule has 7 atom stereocenters. The molecule has 0 spiro atoms. The van der Waals surface area contributed by atoms with Gasteiger partial charge >= 0.3 is 6.09 Å². The standard InChI is InChI=1S/C43H57N5O9S/c1-26-11-7-8-12-28-23-43(28,40(51)47-58(53,54)42(3)19-20-42)46-37(49)34-22-31(56-38-33-16-10-9-15-32(33)35(24-44-38)55-30-17-18-30)25-48(34)39(50)36(27(2)21-26)45-41(52)57-29-13-5-4-6-14-29/h8-10,12,15-16,24,26-31,34,36H,4-7,11,13-14,17-23,25H2,1-3H3,(H,45,52)(H,46,49)(H,47,51)/b12-8-/t26-,27-,28-,31-,34+,36+,43-/m1/s1. The van der Waals surface area contributed by atoms with Gasteiger partial charge in [-0.2, -0.15) is 0 Å². The van der Waals surface area contributed by atoms with E-state index in [1.165, 1.54) is 4.90 Å². The number of pyridine rings is 1. The second kappa shape index (κ2) is 16.0. The molecule has 14 nitrogen and oxygen atoms in total. The van der Waals surface area contributed by atoms with Crippen LogP contribution in [0, 0.1) is 17.8 Å². The highest BCUT2D eigenvalue weighted by Crippen LogP contribution is 2.48. The van der Waals surface area contributed by atoms with Gasteiger partial charge in [-0.15, -0.1) is 0 Å². The average molecular weight is 820 g/mol. The number of aromatic nitrogens is 1. The minimum Gasteiger partial charge on any atom is -0.488 e. The molecule has 0 unspecified atom stereocenters. The van der Waals surface area contributed by atoms with Crippen LogP contribution in [0.3, 0.4) is 0 Å². The van der Waals surface area contributed by atoms with Gasteiger partial charge in [-0.1, -0.05) is 50.6 Å². The van der Waals surface area contributed by atoms with E-state index in [-0.39, 0.29) is 43.4 Å². The number of carbonyl (C=O) groups excluding carboxylic acids is 4. The zero-order chi connectivity index (χ0) is 40.8. The van der Waals surface area contributed by atoms with Crippen molar-refractivity contribution in [3.8, 4) is 11.6 Å². The summed E-state index contributed by atoms with van der Waals surface area (Å²) in [4.78, 5) is 63.1. The molecule has 5 fully saturated rings. The number of sulfonamides is 1. The maximum Gasteiger partial charge on any atom is 0.408 e. The van der Waals surface area contributed by atoms with Crippen molar-refractivity contribution in [1.82, 2.24) is 25.2 Å². The van der Waals surface area contributed by atoms with E-state index in [4.69, 9.17) is 14.2 Å². The first-order valence-corrected chi connectivity index (χ1v) is 22.8. The van der Waals surface area contributed by atoms with Crippen LogP contribution in [0.4, 0.5) is 4.79 Å². The molecule has 0 bridgehead atoms. The van der Waals surface area contributed by atoms with Gasteiger partial charge in [0.15, 0.2) is 0 Å². The van der Waals surface area contributed by atoms with Crippen LogP contribution >= 0.6 is 0 Å². The Labute approximate surface area is 340 Å². The molecule has 314 valence electrons. The summed E-state index contributed by atoms with van der Waals surface area (Å²) < 4.78 is 46.3. The number of benzene rings is 1. The highest BCUT2D eigenvalue weighted by atomic mass is 32.2. The average Bonchev–Trinajstić information content (AvgIpc) is 4.15. The fourth-order valence-electron chi connectivity index (χ4n) is 8.94. The monoisotopic (exact) mass is 819 g/mol. The van der Waals surface area contributed by atoms with Gasteiger partial charge < -0.3 is 29.7 Å². The lowest BCUT2D eigenvalue weighted by molar-refractivity contribution is -0.142. The van der Waals surface area contributed by atoms with Gasteiger partial charge in [0.2, 0.25) is 27.7 Å². The van der Waals surface area contributed by atoms with Gasteiger partial charge in [-0.3, -0.25) is 19.1 Å². The number of carbonyl (C=O) groups is 4. The summed E-state index contributed by atoms with van der Waals surface area (Å²) in [5, 5.41) is 7.41. The quantitative estimate of drug-likeness (QED) is 0.276. The highest BCUT2D eigenvalue weighted by molar-refractivity contribution is 7.91. The van der Waals surface area contributed by atoms with Gasteiger partial charge in [0.05, 0.1) is 23.6 Å². The maximum absolute atomic E-state index is 14.9. The smallest absolute Gasteiger partial charge is 0.408 e. The zero-order valence-electron chi connectivity index (χ0n) is 33.7. The maximum atomic E-state index is 14.9. The Balaban J connectivity index is 1.10. The number of ether oxygens (including phenoxy) is 3. The molecule has 15 heteroatoms. The SMILES string of the molecule is C[C@@H]1CC/C=C\[C@@H]2C[C@@]2(C(=O)NS(=O)(=O)C2(C)CC2)NC(=O)[C@@H]2C[C@@H](Oc3ncc(OC4CC4)c4ccccc34)CN2C(=O)[C@@H](NC(=O)OC2CCCCC2)[C@H](C)C1. The minimum atomic E-state index is -3.99. The molecular formula is C43H57N5O9S. The number of alkyl carbamates (subject to hydrolysis) is 1. The molecule has 1 saturated heterocycles. The second-order valence-corrected chi connectivity index (χ2v) is 20.2. The first-order valence-electron chi connectivity index (χ1n) is 21.3. The number of hydrogen-bond acceptors (Lipinski definition) is 10. The molecule has 8 rings (SSSR count). The van der Waals surface area contributed by atoms with Crippen LogP contribution in [-0.4, -0.2) is 89.3 Å². The lowest BCUT2D eigenvalue weighted by Crippen LogP contribution is -2.59. The van der Waals surface area contributed by atoms with E-state index in [0.29, 0.717) is 37.3 Å². The number of rotatable bonds is 9. The minimum absolute atomic E-state index is 0.000635. The predicted molar refractivity (Wildman–Crippen MR) is 215 cm³/mol. The summed E-state index contributed by atoms with van der Waals surface area (Å²) >= 11 is 0. The van der Waals surface area contributed by atoms with E-state index in [0.717, 1.165) is 62.1 Å². The Morgan fingerprint density at radius 2 is 1.67 bits per heavy atom. The third-order valence-electron chi connectivity index (χ3n) is 13.2. The van der Waals surface area contributed by atoms with Gasteiger partial charge in [-0.05, 0) is 102 Å². The molecule has 1 aromatic carbocycles. The molecule has 6 aliphatic rings. The Morgan fingerprint density at radius 3 is 2.40 bits per heavy atom. The molecule has 3 N–H and O–H groups in total. The van der Waals surface area contributed by atoms with Gasteiger partial charge in [0.25, 0.3) is 5.91 Å². The molecule has 4 saturated carbocycles. The lowest BCUT2D eigenvalue weighted by atomic mass is 9.88. The Morgan fingerprint density at radius 1 is 0.931 bits per heavy atom. The molecule has 1 aromatic heterocycles. The van der Waals surface area contributed by atoms with Gasteiger partial charge in [0, 0.05) is 23.1 Å². The van der Waals surface area contributed by atoms with E-state index < -0.39 is 68.2 Å². The van der Waals surface area contributed by atoms with E-state index in [9.17, 15) is 27.6 Å². The molecule has 58 heavy (non-hydrogen) atoms. The summed E-state index contributed by atoms with van der Waals surface area (Å²) in [6, 6.07) is 5.51. The van der Waals surface area contributed by atoms with Crippen LogP contribution < -0.4 is 24.8 Å². The van der Waals surface area contributed by atoms with Crippen molar-refractivity contribution < 1.29 is 41.8 Å². The highest BCUT2D eigenvalue weighted by Gasteiger charge is 2.63. The van der Waals surface area contributed by atoms with Gasteiger partial charge in [-0.25, -0.2) is 18.2 Å². The van der Waals surface area contributed by atoms with Crippen LogP contribution in [0.25, 0.3) is 10.8 Å². The van der Waals surface area contributed by atoms with Crippen molar-refractivity contribution in [2.75, 3.05) is 6.54 Å². The first kappa shape index (κ1) is 40.4. The van der Waals surface area contributed by atoms with E-state index in [1.807, 2.05) is 43.3 Å². The van der Waals surface area contributed by atoms with E-state index in [1.54, 1.807) is 13.1 Å². The topological polar surface area (TPSA) is 182 Å². The van der Waals surface area contributed by atoms with Crippen LogP contribution in [0.2, 0.25) is 0 Å². The molecule has 0 radical (unpaired) electrons. The summed E-state index contributed by atoms with van der Waals surface area (Å²) in [5.41, 5.74) is -1.52. The van der Waals surface area contributed by atoms with Crippen molar-refractivity contribution in [1.29, 1.82) is 0 Å². The summed E-state index contributed by atoms with van der Waals surface area (Å²) in [6.07, 6.45) is 13.9. The third-order valence-corrected chi connectivity index (χ3v) is 15.3. The molecule has 4 amide bonds. The van der Waals surface area contributed by atoms with Crippen LogP contribution in [0.15, 0.2) is 42.6 Å². The number of nitrogens with one attached hydrogen (secondary N) is 3. The largest absolute Gasteiger partial charge is 0.488 e. The number of nitrogens with zero attached hydrogens (tertiary/aromatic N) is 2. The molecule has 4 aliphatic carbocycles. The fraction of sp³-hybridized carbons (Fsp3) is 0.651. The molecule has 2 aliphatic heterocycles. The number of fused-ring (bicyclic) bond motifs is 3. The number of amides is 4. The van der Waals surface area contributed by atoms with E-state index in [2.05, 4.69) is 27.3 Å². The van der Waals surface area contributed by atoms with Crippen molar-refractivity contribution in [3.05, 3.63) is 42.6 Å². The number of hydrogen-bond donors (Lipinski definition) is 3. The molecular weight excluding hydrogens is 763 g/mol. The number of allylic oxidation sites excluding steroid dienone is 1. The first-order chi connectivity index (χ1) is 27.7. The summed E-state index contributed by atoms with van der Waals surface area (Å²) in [6.45, 7) is 5.64. The second-order valence-electron chi connectivity index (χ2n) is 18.0. The van der Waals surface area contributed by atoms with Crippen molar-refractivity contribution in [3.63, 3.8) is 0 Å². The van der Waals surface area contributed by atoms with Crippen LogP contribution in [0.5, 0.6) is 11.6 Å². The van der Waals surface area contributed by atoms with Crippen LogP contribution in [-0.2, 0) is 29.1 Å². The Bertz CT molecular complexity index is 2060. The van der Waals surface area contributed by atoms with Crippen molar-refractivity contribution in [2.24, 2.45) is 17.8 Å². The Kier molecular flexibility index (Phi) is 11.1. The normalized spacial score (nSPS) is 32.0. The summed E-state index contributed by atoms with van der Waals surface area (Å²) in [7, 11) is -3.99. The third kappa shape index (κ3) is 8.51. The molecule has 2 aromatic rings.